The van der Waals surface area contributed by atoms with E-state index in [1.54, 1.807) is 13.2 Å². The average Bonchev–Trinajstić information content (AvgIpc) is 2.47. The van der Waals surface area contributed by atoms with Crippen LogP contribution < -0.4 is 9.46 Å². The van der Waals surface area contributed by atoms with Gasteiger partial charge in [-0.1, -0.05) is 41.4 Å². The lowest BCUT2D eigenvalue weighted by Gasteiger charge is -2.10. The fraction of sp³-hybridized carbons (Fsp3) is 0.200. The molecular formula is C15H15Cl2NO3S. The lowest BCUT2D eigenvalue weighted by molar-refractivity contribution is 0.414. The van der Waals surface area contributed by atoms with Gasteiger partial charge < -0.3 is 4.74 Å². The number of rotatable bonds is 6. The third-order valence-corrected chi connectivity index (χ3v) is 5.47. The smallest absolute Gasteiger partial charge is 0.243 e. The molecule has 0 bridgehead atoms. The predicted octanol–water partition coefficient (Wildman–Crippen LogP) is 3.52. The van der Waals surface area contributed by atoms with Crippen LogP contribution in [-0.2, 0) is 16.4 Å². The number of halogens is 2. The summed E-state index contributed by atoms with van der Waals surface area (Å²) in [6, 6.07) is 12.0. The molecule has 7 heteroatoms. The van der Waals surface area contributed by atoms with Crippen LogP contribution in [0.25, 0.3) is 0 Å². The van der Waals surface area contributed by atoms with Gasteiger partial charge in [0.2, 0.25) is 10.0 Å². The van der Waals surface area contributed by atoms with Crippen molar-refractivity contribution in [2.75, 3.05) is 13.7 Å². The Kier molecular flexibility index (Phi) is 5.69. The molecule has 0 aliphatic carbocycles. The SMILES string of the molecule is COc1ccc(CCNS(=O)(=O)c2c(Cl)cccc2Cl)cc1. The molecule has 1 N–H and O–H groups in total. The first-order valence-corrected chi connectivity index (χ1v) is 8.74. The van der Waals surface area contributed by atoms with E-state index in [1.165, 1.54) is 12.1 Å². The number of benzene rings is 2. The molecule has 4 nitrogen and oxygen atoms in total. The Morgan fingerprint density at radius 2 is 1.64 bits per heavy atom. The summed E-state index contributed by atoms with van der Waals surface area (Å²) < 4.78 is 32.1. The van der Waals surface area contributed by atoms with Crippen LogP contribution in [0.15, 0.2) is 47.4 Å². The van der Waals surface area contributed by atoms with Gasteiger partial charge in [0.1, 0.15) is 10.6 Å². The van der Waals surface area contributed by atoms with E-state index in [9.17, 15) is 8.42 Å². The van der Waals surface area contributed by atoms with E-state index in [4.69, 9.17) is 27.9 Å². The highest BCUT2D eigenvalue weighted by atomic mass is 35.5. The molecule has 0 spiro atoms. The summed E-state index contributed by atoms with van der Waals surface area (Å²) in [6.07, 6.45) is 0.547. The minimum atomic E-state index is -3.74. The zero-order valence-electron chi connectivity index (χ0n) is 11.8. The summed E-state index contributed by atoms with van der Waals surface area (Å²) in [5.41, 5.74) is 0.994. The van der Waals surface area contributed by atoms with Gasteiger partial charge in [-0.25, -0.2) is 13.1 Å². The predicted molar refractivity (Wildman–Crippen MR) is 88.3 cm³/mol. The summed E-state index contributed by atoms with van der Waals surface area (Å²) in [4.78, 5) is -0.0898. The van der Waals surface area contributed by atoms with Gasteiger partial charge in [0.25, 0.3) is 0 Å². The first-order valence-electron chi connectivity index (χ1n) is 6.50. The second kappa shape index (κ2) is 7.33. The van der Waals surface area contributed by atoms with Crippen LogP contribution in [0.2, 0.25) is 10.0 Å². The summed E-state index contributed by atoms with van der Waals surface area (Å²) >= 11 is 11.9. The third-order valence-electron chi connectivity index (χ3n) is 3.05. The Labute approximate surface area is 140 Å². The van der Waals surface area contributed by atoms with Crippen LogP contribution >= 0.6 is 23.2 Å². The molecule has 0 amide bonds. The summed E-state index contributed by atoms with van der Waals surface area (Å²) in [7, 11) is -2.15. The number of ether oxygens (including phenoxy) is 1. The van der Waals surface area contributed by atoms with E-state index >= 15 is 0 Å². The summed E-state index contributed by atoms with van der Waals surface area (Å²) in [6.45, 7) is 0.246. The van der Waals surface area contributed by atoms with E-state index in [2.05, 4.69) is 4.72 Å². The molecule has 0 aliphatic rings. The van der Waals surface area contributed by atoms with Gasteiger partial charge in [-0.15, -0.1) is 0 Å². The Hall–Kier alpha value is -1.27. The fourth-order valence-electron chi connectivity index (χ4n) is 1.93. The zero-order valence-corrected chi connectivity index (χ0v) is 14.2. The summed E-state index contributed by atoms with van der Waals surface area (Å²) in [5, 5.41) is 0.203. The van der Waals surface area contributed by atoms with Gasteiger partial charge >= 0.3 is 0 Å². The van der Waals surface area contributed by atoms with Gasteiger partial charge in [-0.2, -0.15) is 0 Å². The van der Waals surface area contributed by atoms with Crippen molar-refractivity contribution in [2.24, 2.45) is 0 Å². The van der Waals surface area contributed by atoms with E-state index < -0.39 is 10.0 Å². The van der Waals surface area contributed by atoms with Crippen LogP contribution in [0, 0.1) is 0 Å². The maximum absolute atomic E-state index is 12.3. The molecular weight excluding hydrogens is 345 g/mol. The molecule has 2 aromatic carbocycles. The molecule has 0 atom stereocenters. The van der Waals surface area contributed by atoms with Gasteiger partial charge in [0.15, 0.2) is 0 Å². The van der Waals surface area contributed by atoms with Crippen molar-refractivity contribution in [1.82, 2.24) is 4.72 Å². The molecule has 0 radical (unpaired) electrons. The van der Waals surface area contributed by atoms with Gasteiger partial charge in [-0.05, 0) is 36.2 Å². The number of hydrogen-bond acceptors (Lipinski definition) is 3. The largest absolute Gasteiger partial charge is 0.497 e. The topological polar surface area (TPSA) is 55.4 Å². The average molecular weight is 360 g/mol. The van der Waals surface area contributed by atoms with Crippen molar-refractivity contribution < 1.29 is 13.2 Å². The quantitative estimate of drug-likeness (QED) is 0.858. The minimum absolute atomic E-state index is 0.0898. The van der Waals surface area contributed by atoms with Crippen LogP contribution in [-0.4, -0.2) is 22.1 Å². The van der Waals surface area contributed by atoms with Crippen molar-refractivity contribution in [3.63, 3.8) is 0 Å². The van der Waals surface area contributed by atoms with Gasteiger partial charge in [0, 0.05) is 6.54 Å². The molecule has 0 saturated carbocycles. The second-order valence-corrected chi connectivity index (χ2v) is 7.06. The zero-order chi connectivity index (χ0) is 16.2. The molecule has 0 heterocycles. The third kappa shape index (κ3) is 4.14. The molecule has 22 heavy (non-hydrogen) atoms. The molecule has 0 saturated heterocycles. The van der Waals surface area contributed by atoms with Crippen LogP contribution in [0.5, 0.6) is 5.75 Å². The standard InChI is InChI=1S/C15H15Cl2NO3S/c1-21-12-7-5-11(6-8-12)9-10-18-22(19,20)15-13(16)3-2-4-14(15)17/h2-8,18H,9-10H2,1H3. The van der Waals surface area contributed by atoms with Crippen LogP contribution in [0.4, 0.5) is 0 Å². The first-order chi connectivity index (χ1) is 10.4. The molecule has 2 rings (SSSR count). The molecule has 0 fully saturated rings. The maximum atomic E-state index is 12.3. The Bertz CT molecular complexity index is 726. The lowest BCUT2D eigenvalue weighted by Crippen LogP contribution is -2.26. The summed E-state index contributed by atoms with van der Waals surface area (Å²) in [5.74, 6) is 0.757. The number of methoxy groups -OCH3 is 1. The number of nitrogens with one attached hydrogen (secondary N) is 1. The van der Waals surface area contributed by atoms with Crippen LogP contribution in [0.3, 0.4) is 0 Å². The van der Waals surface area contributed by atoms with E-state index in [0.29, 0.717) is 6.42 Å². The molecule has 118 valence electrons. The van der Waals surface area contributed by atoms with Crippen molar-refractivity contribution in [1.29, 1.82) is 0 Å². The van der Waals surface area contributed by atoms with Gasteiger partial charge in [0.05, 0.1) is 17.2 Å². The molecule has 2 aromatic rings. The number of sulfonamides is 1. The van der Waals surface area contributed by atoms with Crippen molar-refractivity contribution in [3.05, 3.63) is 58.1 Å². The molecule has 0 aliphatic heterocycles. The van der Waals surface area contributed by atoms with Crippen molar-refractivity contribution >= 4 is 33.2 Å². The van der Waals surface area contributed by atoms with E-state index in [0.717, 1.165) is 11.3 Å². The number of hydrogen-bond donors (Lipinski definition) is 1. The highest BCUT2D eigenvalue weighted by molar-refractivity contribution is 7.89. The van der Waals surface area contributed by atoms with E-state index in [1.807, 2.05) is 24.3 Å². The van der Waals surface area contributed by atoms with Crippen molar-refractivity contribution in [2.45, 2.75) is 11.3 Å². The van der Waals surface area contributed by atoms with Gasteiger partial charge in [-0.3, -0.25) is 0 Å². The Balaban J connectivity index is 2.03. The Morgan fingerprint density at radius 3 is 2.18 bits per heavy atom. The molecule has 0 unspecified atom stereocenters. The lowest BCUT2D eigenvalue weighted by atomic mass is 10.1. The molecule has 0 aromatic heterocycles. The maximum Gasteiger partial charge on any atom is 0.243 e. The highest BCUT2D eigenvalue weighted by Gasteiger charge is 2.20. The Morgan fingerprint density at radius 1 is 1.05 bits per heavy atom. The van der Waals surface area contributed by atoms with E-state index in [-0.39, 0.29) is 21.5 Å². The van der Waals surface area contributed by atoms with Crippen LogP contribution in [0.1, 0.15) is 5.56 Å². The first kappa shape index (κ1) is 17.1. The van der Waals surface area contributed by atoms with Crippen molar-refractivity contribution in [3.8, 4) is 5.75 Å². The monoisotopic (exact) mass is 359 g/mol. The minimum Gasteiger partial charge on any atom is -0.497 e. The fourth-order valence-corrected chi connectivity index (χ4v) is 4.10. The second-order valence-electron chi connectivity index (χ2n) is 4.55. The normalized spacial score (nSPS) is 11.4. The highest BCUT2D eigenvalue weighted by Crippen LogP contribution is 2.28.